The van der Waals surface area contributed by atoms with Gasteiger partial charge in [-0.3, -0.25) is 4.79 Å². The van der Waals surface area contributed by atoms with E-state index in [1.165, 1.54) is 0 Å². The number of ketones is 1. The maximum atomic E-state index is 12.1. The Hall–Kier alpha value is -0.710. The quantitative estimate of drug-likeness (QED) is 0.355. The van der Waals surface area contributed by atoms with E-state index in [2.05, 4.69) is 6.92 Å². The second-order valence-corrected chi connectivity index (χ2v) is 7.15. The van der Waals surface area contributed by atoms with Gasteiger partial charge in [0.1, 0.15) is 5.78 Å². The van der Waals surface area contributed by atoms with Crippen molar-refractivity contribution in [2.45, 2.75) is 89.8 Å². The predicted octanol–water partition coefficient (Wildman–Crippen LogP) is 3.38. The average Bonchev–Trinajstić information content (AvgIpc) is 2.82. The van der Waals surface area contributed by atoms with E-state index in [1.807, 2.05) is 6.08 Å². The van der Waals surface area contributed by atoms with Crippen LogP contribution >= 0.6 is 0 Å². The molecule has 140 valence electrons. The summed E-state index contributed by atoms with van der Waals surface area (Å²) in [6.45, 7) is 2.39. The number of Topliss-reactive ketones (excluding diaryl/α,β-unsaturated/α-hetero) is 1. The first-order valence-electron chi connectivity index (χ1n) is 9.78. The molecule has 0 bridgehead atoms. The molecule has 1 aliphatic carbocycles. The molecule has 0 amide bonds. The summed E-state index contributed by atoms with van der Waals surface area (Å²) in [5.41, 5.74) is 0. The standard InChI is InChI=1S/C20H36O4/c1-2-3-7-10-16(22)12-13-18-17(19(23)15-20(18)24)11-8-5-4-6-9-14-21/h12-13,16-18,20-22,24H,2-11,14-15H2,1H3/b13-12-/t16-,17+,18+,20+/m0/s1. The van der Waals surface area contributed by atoms with E-state index in [1.54, 1.807) is 6.08 Å². The molecule has 24 heavy (non-hydrogen) atoms. The highest BCUT2D eigenvalue weighted by Gasteiger charge is 2.39. The number of carbonyl (C=O) groups excluding carboxylic acids is 1. The summed E-state index contributed by atoms with van der Waals surface area (Å²) in [4.78, 5) is 12.1. The first-order valence-corrected chi connectivity index (χ1v) is 9.78. The van der Waals surface area contributed by atoms with Crippen molar-refractivity contribution >= 4 is 5.78 Å². The fourth-order valence-corrected chi connectivity index (χ4v) is 3.55. The summed E-state index contributed by atoms with van der Waals surface area (Å²) >= 11 is 0. The Labute approximate surface area is 147 Å². The Kier molecular flexibility index (Phi) is 11.2. The zero-order valence-corrected chi connectivity index (χ0v) is 15.2. The van der Waals surface area contributed by atoms with Gasteiger partial charge in [-0.2, -0.15) is 0 Å². The minimum absolute atomic E-state index is 0.100. The minimum atomic E-state index is -0.601. The second-order valence-electron chi connectivity index (χ2n) is 7.15. The number of aliphatic hydroxyl groups is 3. The van der Waals surface area contributed by atoms with Crippen molar-refractivity contribution in [2.75, 3.05) is 6.61 Å². The van der Waals surface area contributed by atoms with E-state index in [4.69, 9.17) is 5.11 Å². The van der Waals surface area contributed by atoms with Crippen LogP contribution in [-0.4, -0.2) is 39.9 Å². The number of unbranched alkanes of at least 4 members (excludes halogenated alkanes) is 6. The Bertz CT molecular complexity index is 367. The molecule has 1 rings (SSSR count). The van der Waals surface area contributed by atoms with Gasteiger partial charge in [-0.1, -0.05) is 64.0 Å². The molecule has 4 atom stereocenters. The molecule has 1 fully saturated rings. The van der Waals surface area contributed by atoms with Crippen LogP contribution in [0.15, 0.2) is 12.2 Å². The van der Waals surface area contributed by atoms with Gasteiger partial charge in [0.15, 0.2) is 0 Å². The molecule has 4 heteroatoms. The first kappa shape index (κ1) is 21.3. The molecule has 0 unspecified atom stereocenters. The molecular formula is C20H36O4. The highest BCUT2D eigenvalue weighted by atomic mass is 16.3. The van der Waals surface area contributed by atoms with Gasteiger partial charge in [0.05, 0.1) is 12.2 Å². The van der Waals surface area contributed by atoms with Crippen molar-refractivity contribution < 1.29 is 20.1 Å². The van der Waals surface area contributed by atoms with Gasteiger partial charge in [0.25, 0.3) is 0 Å². The van der Waals surface area contributed by atoms with E-state index in [9.17, 15) is 15.0 Å². The SMILES string of the molecule is CCCCC[C@H](O)/C=C\[C@H]1[C@H](O)CC(=O)[C@@H]1CCCCCCCO. The first-order chi connectivity index (χ1) is 11.6. The monoisotopic (exact) mass is 340 g/mol. The minimum Gasteiger partial charge on any atom is -0.396 e. The fraction of sp³-hybridized carbons (Fsp3) is 0.850. The van der Waals surface area contributed by atoms with E-state index in [0.29, 0.717) is 0 Å². The van der Waals surface area contributed by atoms with Gasteiger partial charge >= 0.3 is 0 Å². The van der Waals surface area contributed by atoms with Crippen LogP contribution in [0.5, 0.6) is 0 Å². The molecule has 0 radical (unpaired) electrons. The normalized spacial score (nSPS) is 25.7. The third kappa shape index (κ3) is 7.91. The van der Waals surface area contributed by atoms with Crippen molar-refractivity contribution in [3.8, 4) is 0 Å². The lowest BCUT2D eigenvalue weighted by Crippen LogP contribution is -2.19. The highest BCUT2D eigenvalue weighted by Crippen LogP contribution is 2.34. The molecule has 0 spiro atoms. The fourth-order valence-electron chi connectivity index (χ4n) is 3.55. The molecule has 4 nitrogen and oxygen atoms in total. The number of aliphatic hydroxyl groups excluding tert-OH is 3. The van der Waals surface area contributed by atoms with Gasteiger partial charge in [-0.25, -0.2) is 0 Å². The topological polar surface area (TPSA) is 77.8 Å². The predicted molar refractivity (Wildman–Crippen MR) is 96.7 cm³/mol. The number of rotatable bonds is 13. The van der Waals surface area contributed by atoms with E-state index in [-0.39, 0.29) is 30.6 Å². The van der Waals surface area contributed by atoms with E-state index in [0.717, 1.165) is 64.2 Å². The molecule has 1 saturated carbocycles. The van der Waals surface area contributed by atoms with Gasteiger partial charge < -0.3 is 15.3 Å². The number of carbonyl (C=O) groups is 1. The summed E-state index contributed by atoms with van der Waals surface area (Å²) in [7, 11) is 0. The summed E-state index contributed by atoms with van der Waals surface area (Å²) in [6.07, 6.45) is 12.7. The van der Waals surface area contributed by atoms with Gasteiger partial charge in [0.2, 0.25) is 0 Å². The van der Waals surface area contributed by atoms with Crippen molar-refractivity contribution in [3.63, 3.8) is 0 Å². The summed E-state index contributed by atoms with van der Waals surface area (Å²) in [5, 5.41) is 28.9. The number of hydrogen-bond acceptors (Lipinski definition) is 4. The molecule has 0 aromatic heterocycles. The smallest absolute Gasteiger partial charge is 0.139 e. The summed E-state index contributed by atoms with van der Waals surface area (Å²) in [6, 6.07) is 0. The molecular weight excluding hydrogens is 304 g/mol. The zero-order chi connectivity index (χ0) is 17.8. The molecule has 0 heterocycles. The van der Waals surface area contributed by atoms with Crippen LogP contribution in [0.3, 0.4) is 0 Å². The lowest BCUT2D eigenvalue weighted by Gasteiger charge is -2.18. The zero-order valence-electron chi connectivity index (χ0n) is 15.2. The molecule has 0 aromatic rings. The largest absolute Gasteiger partial charge is 0.396 e. The molecule has 3 N–H and O–H groups in total. The summed E-state index contributed by atoms with van der Waals surface area (Å²) < 4.78 is 0. The lowest BCUT2D eigenvalue weighted by atomic mass is 9.88. The van der Waals surface area contributed by atoms with Crippen molar-refractivity contribution in [2.24, 2.45) is 11.8 Å². The van der Waals surface area contributed by atoms with Crippen LogP contribution < -0.4 is 0 Å². The van der Waals surface area contributed by atoms with Gasteiger partial charge in [0, 0.05) is 24.9 Å². The second kappa shape index (κ2) is 12.6. The van der Waals surface area contributed by atoms with Crippen molar-refractivity contribution in [1.82, 2.24) is 0 Å². The van der Waals surface area contributed by atoms with Gasteiger partial charge in [-0.15, -0.1) is 0 Å². The molecule has 0 saturated heterocycles. The lowest BCUT2D eigenvalue weighted by molar-refractivity contribution is -0.121. The number of hydrogen-bond donors (Lipinski definition) is 3. The van der Waals surface area contributed by atoms with Crippen molar-refractivity contribution in [3.05, 3.63) is 12.2 Å². The Morgan fingerprint density at radius 3 is 2.54 bits per heavy atom. The van der Waals surface area contributed by atoms with Crippen LogP contribution in [-0.2, 0) is 4.79 Å². The maximum absolute atomic E-state index is 12.1. The molecule has 1 aliphatic rings. The highest BCUT2D eigenvalue weighted by molar-refractivity contribution is 5.84. The molecule has 0 aliphatic heterocycles. The Morgan fingerprint density at radius 1 is 1.12 bits per heavy atom. The van der Waals surface area contributed by atoms with E-state index >= 15 is 0 Å². The third-order valence-corrected chi connectivity index (χ3v) is 5.06. The Balaban J connectivity index is 2.40. The maximum Gasteiger partial charge on any atom is 0.139 e. The van der Waals surface area contributed by atoms with Crippen LogP contribution in [0.25, 0.3) is 0 Å². The third-order valence-electron chi connectivity index (χ3n) is 5.06. The van der Waals surface area contributed by atoms with Gasteiger partial charge in [-0.05, 0) is 19.3 Å². The Morgan fingerprint density at radius 2 is 1.83 bits per heavy atom. The van der Waals surface area contributed by atoms with Crippen LogP contribution in [0.4, 0.5) is 0 Å². The average molecular weight is 341 g/mol. The van der Waals surface area contributed by atoms with E-state index < -0.39 is 12.2 Å². The summed E-state index contributed by atoms with van der Waals surface area (Å²) in [5.74, 6) is -0.0827. The van der Waals surface area contributed by atoms with Crippen LogP contribution in [0.1, 0.15) is 77.6 Å². The molecule has 0 aromatic carbocycles. The van der Waals surface area contributed by atoms with Crippen LogP contribution in [0.2, 0.25) is 0 Å². The van der Waals surface area contributed by atoms with Crippen LogP contribution in [0, 0.1) is 11.8 Å². The van der Waals surface area contributed by atoms with Crippen molar-refractivity contribution in [1.29, 1.82) is 0 Å².